The van der Waals surface area contributed by atoms with Gasteiger partial charge in [-0.2, -0.15) is 0 Å². The second-order valence-electron chi connectivity index (χ2n) is 7.21. The molecule has 1 aliphatic heterocycles. The molecule has 1 aromatic carbocycles. The fourth-order valence-corrected chi connectivity index (χ4v) is 3.90. The lowest BCUT2D eigenvalue weighted by atomic mass is 10.2. The molecule has 2 aliphatic rings. The number of amides is 1. The number of aromatic nitrogens is 2. The van der Waals surface area contributed by atoms with Crippen LogP contribution in [-0.2, 0) is 0 Å². The third kappa shape index (κ3) is 4.31. The maximum atomic E-state index is 13.3. The van der Waals surface area contributed by atoms with E-state index in [1.54, 1.807) is 12.1 Å². The van der Waals surface area contributed by atoms with Gasteiger partial charge in [-0.15, -0.1) is 0 Å². The molecular formula is C20H24FN5O. The van der Waals surface area contributed by atoms with Crippen LogP contribution in [0, 0.1) is 5.82 Å². The van der Waals surface area contributed by atoms with Gasteiger partial charge in [0.15, 0.2) is 5.82 Å². The normalized spacial score (nSPS) is 19.3. The topological polar surface area (TPSA) is 61.4 Å². The smallest absolute Gasteiger partial charge is 0.268 e. The van der Waals surface area contributed by atoms with E-state index in [0.717, 1.165) is 32.2 Å². The number of carbonyl (C=O) groups excluding carboxylic acids is 1. The molecule has 0 radical (unpaired) electrons. The second kappa shape index (κ2) is 8.10. The lowest BCUT2D eigenvalue weighted by Gasteiger charge is -2.37. The molecule has 1 aliphatic carbocycles. The van der Waals surface area contributed by atoms with Crippen LogP contribution in [0.25, 0.3) is 11.4 Å². The molecule has 0 bridgehead atoms. The number of hydrazine groups is 1. The Morgan fingerprint density at radius 2 is 1.78 bits per heavy atom. The van der Waals surface area contributed by atoms with Crippen LogP contribution in [0.1, 0.15) is 36.0 Å². The Balaban J connectivity index is 1.32. The van der Waals surface area contributed by atoms with Crippen molar-refractivity contribution in [3.63, 3.8) is 0 Å². The Morgan fingerprint density at radius 1 is 1.07 bits per heavy atom. The highest BCUT2D eigenvalue weighted by molar-refractivity contribution is 5.93. The van der Waals surface area contributed by atoms with Crippen molar-refractivity contribution in [3.8, 4) is 11.4 Å². The number of hydrogen-bond acceptors (Lipinski definition) is 5. The number of rotatable bonds is 4. The summed E-state index contributed by atoms with van der Waals surface area (Å²) >= 11 is 0. The molecule has 142 valence electrons. The first-order chi connectivity index (χ1) is 13.2. The number of benzene rings is 1. The van der Waals surface area contributed by atoms with Crippen LogP contribution in [0.5, 0.6) is 0 Å². The van der Waals surface area contributed by atoms with Crippen molar-refractivity contribution in [1.29, 1.82) is 0 Å². The summed E-state index contributed by atoms with van der Waals surface area (Å²) < 4.78 is 13.3. The van der Waals surface area contributed by atoms with Crippen LogP contribution < -0.4 is 5.43 Å². The third-order valence-corrected chi connectivity index (χ3v) is 5.41. The standard InChI is InChI=1S/C20H24FN5O/c21-17-5-3-4-15(12-17)19-22-13-16(14-23-19)20(27)24-26-10-8-25(9-11-26)18-6-1-2-7-18/h3-5,12-14,18H,1-2,6-11H2,(H,24,27). The molecule has 1 saturated carbocycles. The van der Waals surface area contributed by atoms with Crippen LogP contribution in [0.2, 0.25) is 0 Å². The Hall–Kier alpha value is -2.38. The van der Waals surface area contributed by atoms with E-state index in [9.17, 15) is 9.18 Å². The molecule has 1 N–H and O–H groups in total. The predicted octanol–water partition coefficient (Wildman–Crippen LogP) is 2.49. The van der Waals surface area contributed by atoms with Crippen LogP contribution >= 0.6 is 0 Å². The fourth-order valence-electron chi connectivity index (χ4n) is 3.90. The van der Waals surface area contributed by atoms with Crippen molar-refractivity contribution in [2.45, 2.75) is 31.7 Å². The highest BCUT2D eigenvalue weighted by atomic mass is 19.1. The molecular weight excluding hydrogens is 345 g/mol. The minimum Gasteiger partial charge on any atom is -0.298 e. The SMILES string of the molecule is O=C(NN1CCN(C2CCCC2)CC1)c1cnc(-c2cccc(F)c2)nc1. The van der Waals surface area contributed by atoms with Gasteiger partial charge in [-0.05, 0) is 25.0 Å². The number of nitrogens with one attached hydrogen (secondary N) is 1. The molecule has 1 amide bonds. The molecule has 6 nitrogen and oxygen atoms in total. The van der Waals surface area contributed by atoms with E-state index < -0.39 is 0 Å². The Kier molecular flexibility index (Phi) is 5.40. The van der Waals surface area contributed by atoms with Crippen LogP contribution in [-0.4, -0.2) is 58.0 Å². The van der Waals surface area contributed by atoms with Gasteiger partial charge in [0.05, 0.1) is 5.56 Å². The Bertz CT molecular complexity index is 783. The maximum Gasteiger partial charge on any atom is 0.268 e. The molecule has 1 aromatic heterocycles. The van der Waals surface area contributed by atoms with E-state index in [4.69, 9.17) is 0 Å². The Morgan fingerprint density at radius 3 is 2.44 bits per heavy atom. The van der Waals surface area contributed by atoms with Gasteiger partial charge in [-0.25, -0.2) is 19.4 Å². The van der Waals surface area contributed by atoms with Crippen molar-refractivity contribution in [2.75, 3.05) is 26.2 Å². The van der Waals surface area contributed by atoms with Crippen molar-refractivity contribution < 1.29 is 9.18 Å². The lowest BCUT2D eigenvalue weighted by molar-refractivity contribution is 0.0516. The fraction of sp³-hybridized carbons (Fsp3) is 0.450. The minimum absolute atomic E-state index is 0.213. The molecule has 1 saturated heterocycles. The van der Waals surface area contributed by atoms with E-state index in [-0.39, 0.29) is 11.7 Å². The van der Waals surface area contributed by atoms with Gasteiger partial charge in [0.2, 0.25) is 0 Å². The highest BCUT2D eigenvalue weighted by Crippen LogP contribution is 2.24. The molecule has 7 heteroatoms. The molecule has 2 heterocycles. The van der Waals surface area contributed by atoms with Gasteiger partial charge in [0.1, 0.15) is 5.82 Å². The van der Waals surface area contributed by atoms with Gasteiger partial charge in [-0.3, -0.25) is 15.1 Å². The predicted molar refractivity (Wildman–Crippen MR) is 100 cm³/mol. The monoisotopic (exact) mass is 369 g/mol. The molecule has 2 aromatic rings. The second-order valence-corrected chi connectivity index (χ2v) is 7.21. The summed E-state index contributed by atoms with van der Waals surface area (Å²) in [7, 11) is 0. The van der Waals surface area contributed by atoms with E-state index in [2.05, 4.69) is 20.3 Å². The highest BCUT2D eigenvalue weighted by Gasteiger charge is 2.26. The largest absolute Gasteiger partial charge is 0.298 e. The summed E-state index contributed by atoms with van der Waals surface area (Å²) in [4.78, 5) is 23.4. The van der Waals surface area contributed by atoms with E-state index in [0.29, 0.717) is 17.0 Å². The molecule has 2 fully saturated rings. The zero-order valence-electron chi connectivity index (χ0n) is 15.3. The summed E-state index contributed by atoms with van der Waals surface area (Å²) in [6, 6.07) is 6.82. The van der Waals surface area contributed by atoms with Crippen molar-refractivity contribution in [1.82, 2.24) is 25.3 Å². The Labute approximate surface area is 158 Å². The first kappa shape index (κ1) is 18.0. The van der Waals surface area contributed by atoms with Crippen molar-refractivity contribution >= 4 is 5.91 Å². The molecule has 0 atom stereocenters. The molecule has 4 rings (SSSR count). The molecule has 0 unspecified atom stereocenters. The van der Waals surface area contributed by atoms with Gasteiger partial charge in [0.25, 0.3) is 5.91 Å². The number of hydrogen-bond donors (Lipinski definition) is 1. The van der Waals surface area contributed by atoms with Gasteiger partial charge < -0.3 is 0 Å². The van der Waals surface area contributed by atoms with Crippen molar-refractivity contribution in [3.05, 3.63) is 48.0 Å². The maximum absolute atomic E-state index is 13.3. The van der Waals surface area contributed by atoms with Gasteiger partial charge in [0, 0.05) is 50.2 Å². The zero-order chi connectivity index (χ0) is 18.6. The quantitative estimate of drug-likeness (QED) is 0.897. The van der Waals surface area contributed by atoms with E-state index in [1.165, 1.54) is 50.2 Å². The van der Waals surface area contributed by atoms with Crippen LogP contribution in [0.15, 0.2) is 36.7 Å². The summed E-state index contributed by atoms with van der Waals surface area (Å²) in [6.07, 6.45) is 8.26. The number of piperazine rings is 1. The first-order valence-electron chi connectivity index (χ1n) is 9.57. The lowest BCUT2D eigenvalue weighted by Crippen LogP contribution is -2.55. The minimum atomic E-state index is -0.338. The third-order valence-electron chi connectivity index (χ3n) is 5.41. The van der Waals surface area contributed by atoms with Crippen molar-refractivity contribution in [2.24, 2.45) is 0 Å². The van der Waals surface area contributed by atoms with Gasteiger partial charge >= 0.3 is 0 Å². The van der Waals surface area contributed by atoms with Crippen LogP contribution in [0.3, 0.4) is 0 Å². The average molecular weight is 369 g/mol. The number of carbonyl (C=O) groups is 1. The summed E-state index contributed by atoms with van der Waals surface area (Å²) in [5, 5.41) is 1.97. The molecule has 27 heavy (non-hydrogen) atoms. The summed E-state index contributed by atoms with van der Waals surface area (Å²) in [6.45, 7) is 3.62. The van der Waals surface area contributed by atoms with E-state index in [1.807, 2.05) is 5.01 Å². The first-order valence-corrected chi connectivity index (χ1v) is 9.57. The van der Waals surface area contributed by atoms with Crippen LogP contribution in [0.4, 0.5) is 4.39 Å². The number of nitrogens with zero attached hydrogens (tertiary/aromatic N) is 4. The molecule has 0 spiro atoms. The summed E-state index contributed by atoms with van der Waals surface area (Å²) in [5.41, 5.74) is 3.93. The van der Waals surface area contributed by atoms with Gasteiger partial charge in [-0.1, -0.05) is 25.0 Å². The van der Waals surface area contributed by atoms with E-state index >= 15 is 0 Å². The zero-order valence-corrected chi connectivity index (χ0v) is 15.3. The average Bonchev–Trinajstić information content (AvgIpc) is 3.23. The number of halogens is 1. The summed E-state index contributed by atoms with van der Waals surface area (Å²) in [5.74, 6) is -0.152.